The van der Waals surface area contributed by atoms with Crippen LogP contribution in [0.25, 0.3) is 11.3 Å². The van der Waals surface area contributed by atoms with Crippen molar-refractivity contribution >= 4 is 17.1 Å². The topological polar surface area (TPSA) is 130 Å². The molecule has 0 aliphatic rings. The Hall–Kier alpha value is -3.68. The first kappa shape index (κ1) is 15.2. The highest BCUT2D eigenvalue weighted by molar-refractivity contribution is 5.82. The fraction of sp³-hybridized carbons (Fsp3) is 0. The lowest BCUT2D eigenvalue weighted by Crippen LogP contribution is -1.98. The summed E-state index contributed by atoms with van der Waals surface area (Å²) in [7, 11) is 0. The molecule has 0 spiro atoms. The molecular formula is C16H13N5O3. The van der Waals surface area contributed by atoms with Crippen LogP contribution in [0.5, 0.6) is 11.6 Å². The number of nitrogens with two attached hydrogens (primary N) is 2. The van der Waals surface area contributed by atoms with Crippen molar-refractivity contribution in [3.63, 3.8) is 0 Å². The van der Waals surface area contributed by atoms with Gasteiger partial charge in [0.1, 0.15) is 12.1 Å². The van der Waals surface area contributed by atoms with Gasteiger partial charge >= 0.3 is 0 Å². The summed E-state index contributed by atoms with van der Waals surface area (Å²) >= 11 is 0. The summed E-state index contributed by atoms with van der Waals surface area (Å²) in [5.41, 5.74) is 13.9. The molecule has 1 aromatic heterocycles. The van der Waals surface area contributed by atoms with Crippen molar-refractivity contribution in [2.24, 2.45) is 0 Å². The SMILES string of the molecule is Nc1cccc(-c2cc(Oc3ccc([N+](=O)[O-])cc3)ncn2)c1N. The summed E-state index contributed by atoms with van der Waals surface area (Å²) < 4.78 is 5.60. The molecular weight excluding hydrogens is 310 g/mol. The minimum absolute atomic E-state index is 0.0155. The van der Waals surface area contributed by atoms with Crippen LogP contribution in [0.2, 0.25) is 0 Å². The molecule has 0 saturated heterocycles. The molecule has 0 bridgehead atoms. The zero-order valence-electron chi connectivity index (χ0n) is 12.4. The summed E-state index contributed by atoms with van der Waals surface area (Å²) in [5.74, 6) is 0.710. The molecule has 0 saturated carbocycles. The van der Waals surface area contributed by atoms with Gasteiger partial charge in [-0.2, -0.15) is 0 Å². The molecule has 0 atom stereocenters. The van der Waals surface area contributed by atoms with Gasteiger partial charge in [0.05, 0.1) is 22.0 Å². The van der Waals surface area contributed by atoms with E-state index in [1.165, 1.54) is 30.6 Å². The van der Waals surface area contributed by atoms with Crippen LogP contribution < -0.4 is 16.2 Å². The van der Waals surface area contributed by atoms with Crippen LogP contribution in [-0.4, -0.2) is 14.9 Å². The Bertz CT molecular complexity index is 896. The van der Waals surface area contributed by atoms with Crippen LogP contribution in [0.15, 0.2) is 54.9 Å². The van der Waals surface area contributed by atoms with Crippen molar-refractivity contribution in [2.75, 3.05) is 11.5 Å². The Morgan fingerprint density at radius 3 is 2.50 bits per heavy atom. The van der Waals surface area contributed by atoms with Crippen LogP contribution in [0.4, 0.5) is 17.1 Å². The largest absolute Gasteiger partial charge is 0.439 e. The lowest BCUT2D eigenvalue weighted by molar-refractivity contribution is -0.384. The smallest absolute Gasteiger partial charge is 0.269 e. The highest BCUT2D eigenvalue weighted by atomic mass is 16.6. The average Bonchev–Trinajstić information content (AvgIpc) is 2.58. The molecule has 8 heteroatoms. The second-order valence-corrected chi connectivity index (χ2v) is 4.90. The zero-order chi connectivity index (χ0) is 17.1. The standard InChI is InChI=1S/C16H13N5O3/c17-13-3-1-2-12(16(13)18)14-8-15(20-9-19-14)24-11-6-4-10(5-7-11)21(22)23/h1-9H,17-18H2. The highest BCUT2D eigenvalue weighted by Crippen LogP contribution is 2.31. The molecule has 1 heterocycles. The van der Waals surface area contributed by atoms with Crippen molar-refractivity contribution < 1.29 is 9.66 Å². The molecule has 2 aromatic carbocycles. The number of hydrogen-bond acceptors (Lipinski definition) is 7. The maximum atomic E-state index is 10.7. The van der Waals surface area contributed by atoms with Crippen molar-refractivity contribution in [3.05, 3.63) is 65.0 Å². The van der Waals surface area contributed by atoms with Crippen molar-refractivity contribution in [1.82, 2.24) is 9.97 Å². The minimum atomic E-state index is -0.477. The molecule has 0 radical (unpaired) electrons. The van der Waals surface area contributed by atoms with Crippen LogP contribution >= 0.6 is 0 Å². The fourth-order valence-electron chi connectivity index (χ4n) is 2.11. The van der Waals surface area contributed by atoms with Gasteiger partial charge in [-0.15, -0.1) is 0 Å². The molecule has 3 aromatic rings. The van der Waals surface area contributed by atoms with Gasteiger partial charge in [-0.05, 0) is 18.2 Å². The van der Waals surface area contributed by atoms with Crippen LogP contribution in [0, 0.1) is 10.1 Å². The third-order valence-corrected chi connectivity index (χ3v) is 3.33. The molecule has 3 rings (SSSR count). The number of hydrogen-bond donors (Lipinski definition) is 2. The number of nitrogen functional groups attached to an aromatic ring is 2. The molecule has 4 N–H and O–H groups in total. The summed E-state index contributed by atoms with van der Waals surface area (Å²) in [6.45, 7) is 0. The second-order valence-electron chi connectivity index (χ2n) is 4.90. The Balaban J connectivity index is 1.88. The molecule has 24 heavy (non-hydrogen) atoms. The van der Waals surface area contributed by atoms with Crippen LogP contribution in [0.1, 0.15) is 0 Å². The summed E-state index contributed by atoms with van der Waals surface area (Å²) in [4.78, 5) is 18.4. The number of nitrogens with zero attached hydrogens (tertiary/aromatic N) is 3. The molecule has 0 aliphatic heterocycles. The van der Waals surface area contributed by atoms with Crippen molar-refractivity contribution in [2.45, 2.75) is 0 Å². The first-order valence-corrected chi connectivity index (χ1v) is 6.93. The monoisotopic (exact) mass is 323 g/mol. The number of benzene rings is 2. The van der Waals surface area contributed by atoms with Crippen molar-refractivity contribution in [1.29, 1.82) is 0 Å². The summed E-state index contributed by atoms with van der Waals surface area (Å²) in [6.07, 6.45) is 1.35. The third kappa shape index (κ3) is 3.07. The zero-order valence-corrected chi connectivity index (χ0v) is 12.4. The van der Waals surface area contributed by atoms with Gasteiger partial charge in [-0.1, -0.05) is 12.1 Å². The normalized spacial score (nSPS) is 10.3. The lowest BCUT2D eigenvalue weighted by atomic mass is 10.1. The number of nitro groups is 1. The first-order chi connectivity index (χ1) is 11.5. The van der Waals surface area contributed by atoms with E-state index >= 15 is 0 Å². The van der Waals surface area contributed by atoms with Gasteiger partial charge < -0.3 is 16.2 Å². The van der Waals surface area contributed by atoms with E-state index in [9.17, 15) is 10.1 Å². The molecule has 0 fully saturated rings. The predicted octanol–water partition coefficient (Wildman–Crippen LogP) is 3.01. The molecule has 0 unspecified atom stereocenters. The molecule has 120 valence electrons. The second kappa shape index (κ2) is 6.21. The fourth-order valence-corrected chi connectivity index (χ4v) is 2.11. The van der Waals surface area contributed by atoms with E-state index in [1.807, 2.05) is 0 Å². The van der Waals surface area contributed by atoms with E-state index < -0.39 is 4.92 Å². The Morgan fingerprint density at radius 2 is 1.79 bits per heavy atom. The number of non-ortho nitro benzene ring substituents is 1. The van der Waals surface area contributed by atoms with Crippen molar-refractivity contribution in [3.8, 4) is 22.9 Å². The predicted molar refractivity (Wildman–Crippen MR) is 89.5 cm³/mol. The molecule has 0 aliphatic carbocycles. The average molecular weight is 323 g/mol. The van der Waals surface area contributed by atoms with Gasteiger partial charge in [0.25, 0.3) is 5.69 Å². The Morgan fingerprint density at radius 1 is 1.04 bits per heavy atom. The van der Waals surface area contributed by atoms with Gasteiger partial charge in [-0.3, -0.25) is 10.1 Å². The number of para-hydroxylation sites is 1. The maximum absolute atomic E-state index is 10.7. The van der Waals surface area contributed by atoms with Crippen LogP contribution in [-0.2, 0) is 0 Å². The quantitative estimate of drug-likeness (QED) is 0.428. The first-order valence-electron chi connectivity index (χ1n) is 6.93. The Labute approximate surface area is 136 Å². The highest BCUT2D eigenvalue weighted by Gasteiger charge is 2.10. The van der Waals surface area contributed by atoms with E-state index in [4.69, 9.17) is 16.2 Å². The Kier molecular flexibility index (Phi) is 3.94. The molecule has 8 nitrogen and oxygen atoms in total. The number of ether oxygens (including phenoxy) is 1. The van der Waals surface area contributed by atoms with Gasteiger partial charge in [0.2, 0.25) is 5.88 Å². The number of aromatic nitrogens is 2. The van der Waals surface area contributed by atoms with E-state index in [2.05, 4.69) is 9.97 Å². The van der Waals surface area contributed by atoms with Gasteiger partial charge in [0, 0.05) is 23.8 Å². The number of nitro benzene ring substituents is 1. The minimum Gasteiger partial charge on any atom is -0.439 e. The van der Waals surface area contributed by atoms with Gasteiger partial charge in [-0.25, -0.2) is 9.97 Å². The lowest BCUT2D eigenvalue weighted by Gasteiger charge is -2.09. The van der Waals surface area contributed by atoms with E-state index in [-0.39, 0.29) is 11.6 Å². The number of rotatable bonds is 4. The summed E-state index contributed by atoms with van der Waals surface area (Å²) in [5, 5.41) is 10.7. The molecule has 0 amide bonds. The number of anilines is 2. The summed E-state index contributed by atoms with van der Waals surface area (Å²) in [6, 6.07) is 12.6. The third-order valence-electron chi connectivity index (χ3n) is 3.33. The maximum Gasteiger partial charge on any atom is 0.269 e. The van der Waals surface area contributed by atoms with Crippen LogP contribution in [0.3, 0.4) is 0 Å². The van der Waals surface area contributed by atoms with Gasteiger partial charge in [0.15, 0.2) is 0 Å². The van der Waals surface area contributed by atoms with E-state index in [1.54, 1.807) is 24.3 Å². The van der Waals surface area contributed by atoms with E-state index in [0.717, 1.165) is 0 Å². The van der Waals surface area contributed by atoms with E-state index in [0.29, 0.717) is 28.4 Å².